The number of allylic oxidation sites excluding steroid dienone is 1. The molecule has 4 nitrogen and oxygen atoms in total. The summed E-state index contributed by atoms with van der Waals surface area (Å²) in [4.78, 5) is 12.4. The maximum absolute atomic E-state index is 10.2. The third-order valence-corrected chi connectivity index (χ3v) is 2.66. The van der Waals surface area contributed by atoms with Gasteiger partial charge in [-0.05, 0) is 31.8 Å². The number of rotatable bonds is 3. The summed E-state index contributed by atoms with van der Waals surface area (Å²) in [5, 5.41) is 4.02. The molecule has 0 atom stereocenters. The number of carbonyl (C=O) groups excluding carboxylic acids is 1. The van der Waals surface area contributed by atoms with Gasteiger partial charge in [0, 0.05) is 13.1 Å². The van der Waals surface area contributed by atoms with Crippen LogP contribution in [-0.4, -0.2) is 30.2 Å². The third-order valence-electron chi connectivity index (χ3n) is 2.66. The number of likely N-dealkylation sites (tertiary alicyclic amines) is 1. The molecular formula is C11H19N3O. The minimum atomic E-state index is 0.593. The van der Waals surface area contributed by atoms with E-state index in [1.165, 1.54) is 12.8 Å². The number of nitrogens with zero attached hydrogens (tertiary/aromatic N) is 2. The zero-order valence-electron chi connectivity index (χ0n) is 9.44. The van der Waals surface area contributed by atoms with Gasteiger partial charge in [0.2, 0.25) is 6.41 Å². The number of amidine groups is 1. The predicted octanol–water partition coefficient (Wildman–Crippen LogP) is 1.35. The van der Waals surface area contributed by atoms with Crippen LogP contribution in [0.5, 0.6) is 0 Å². The van der Waals surface area contributed by atoms with E-state index in [9.17, 15) is 4.79 Å². The Morgan fingerprint density at radius 2 is 2.13 bits per heavy atom. The second kappa shape index (κ2) is 6.22. The fourth-order valence-electron chi connectivity index (χ4n) is 1.69. The Bertz CT molecular complexity index is 253. The van der Waals surface area contributed by atoms with Crippen LogP contribution in [0.25, 0.3) is 0 Å². The molecule has 0 aromatic rings. The van der Waals surface area contributed by atoms with Gasteiger partial charge in [0.1, 0.15) is 5.84 Å². The molecular weight excluding hydrogens is 190 g/mol. The smallest absolute Gasteiger partial charge is 0.227 e. The average molecular weight is 209 g/mol. The summed E-state index contributed by atoms with van der Waals surface area (Å²) in [5.41, 5.74) is 2.36. The zero-order chi connectivity index (χ0) is 11.1. The molecule has 0 unspecified atom stereocenters. The van der Waals surface area contributed by atoms with Crippen molar-refractivity contribution in [3.8, 4) is 0 Å². The van der Waals surface area contributed by atoms with E-state index in [-0.39, 0.29) is 0 Å². The topological polar surface area (TPSA) is 44.7 Å². The van der Waals surface area contributed by atoms with Crippen molar-refractivity contribution in [2.45, 2.75) is 26.7 Å². The molecule has 0 bridgehead atoms. The molecule has 0 aromatic carbocycles. The normalized spacial score (nSPS) is 19.6. The van der Waals surface area contributed by atoms with Crippen molar-refractivity contribution in [2.24, 2.45) is 11.0 Å². The molecule has 0 aliphatic carbocycles. The minimum absolute atomic E-state index is 0.593. The van der Waals surface area contributed by atoms with Gasteiger partial charge in [0.15, 0.2) is 0 Å². The molecule has 84 valence electrons. The quantitative estimate of drug-likeness (QED) is 0.330. The van der Waals surface area contributed by atoms with Crippen molar-refractivity contribution >= 4 is 12.2 Å². The van der Waals surface area contributed by atoms with Gasteiger partial charge in [0.05, 0.1) is 0 Å². The summed E-state index contributed by atoms with van der Waals surface area (Å²) in [6.45, 7) is 6.26. The Morgan fingerprint density at radius 1 is 1.47 bits per heavy atom. The molecule has 15 heavy (non-hydrogen) atoms. The van der Waals surface area contributed by atoms with Gasteiger partial charge in [-0.3, -0.25) is 4.79 Å². The summed E-state index contributed by atoms with van der Waals surface area (Å²) in [7, 11) is 0. The van der Waals surface area contributed by atoms with Crippen molar-refractivity contribution in [2.75, 3.05) is 13.1 Å². The first kappa shape index (κ1) is 11.8. The lowest BCUT2D eigenvalue weighted by atomic mass is 9.99. The van der Waals surface area contributed by atoms with E-state index < -0.39 is 0 Å². The molecule has 1 saturated heterocycles. The molecule has 0 radical (unpaired) electrons. The number of amides is 1. The van der Waals surface area contributed by atoms with Gasteiger partial charge < -0.3 is 4.90 Å². The van der Waals surface area contributed by atoms with E-state index in [1.54, 1.807) is 0 Å². The molecule has 0 saturated carbocycles. The summed E-state index contributed by atoms with van der Waals surface area (Å²) < 4.78 is 0. The van der Waals surface area contributed by atoms with Crippen molar-refractivity contribution < 1.29 is 4.79 Å². The van der Waals surface area contributed by atoms with Crippen LogP contribution in [0.15, 0.2) is 17.3 Å². The van der Waals surface area contributed by atoms with Gasteiger partial charge in [-0.25, -0.2) is 5.43 Å². The maximum atomic E-state index is 10.2. The fraction of sp³-hybridized carbons (Fsp3) is 0.636. The van der Waals surface area contributed by atoms with E-state index in [0.717, 1.165) is 24.8 Å². The molecule has 1 amide bonds. The Hall–Kier alpha value is -1.32. The maximum Gasteiger partial charge on any atom is 0.227 e. The lowest BCUT2D eigenvalue weighted by Crippen LogP contribution is -2.37. The summed E-state index contributed by atoms with van der Waals surface area (Å²) >= 11 is 0. The second-order valence-corrected chi connectivity index (χ2v) is 3.89. The Balaban J connectivity index is 2.59. The van der Waals surface area contributed by atoms with E-state index in [4.69, 9.17) is 0 Å². The highest BCUT2D eigenvalue weighted by Crippen LogP contribution is 2.16. The second-order valence-electron chi connectivity index (χ2n) is 3.89. The Morgan fingerprint density at radius 3 is 2.67 bits per heavy atom. The largest absolute Gasteiger partial charge is 0.355 e. The average Bonchev–Trinajstić information content (AvgIpc) is 2.25. The molecule has 0 spiro atoms. The lowest BCUT2D eigenvalue weighted by molar-refractivity contribution is -0.109. The van der Waals surface area contributed by atoms with Crippen LogP contribution in [0.2, 0.25) is 0 Å². The first-order valence-electron chi connectivity index (χ1n) is 5.42. The van der Waals surface area contributed by atoms with Crippen LogP contribution >= 0.6 is 0 Å². The zero-order valence-corrected chi connectivity index (χ0v) is 9.44. The standard InChI is InChI=1S/C11H19N3O/c1-3-4-11(13-12-9-15)14-7-5-10(2)6-8-14/h3-4,9-10H,5-8H2,1-2H3,(H,12,15)/b4-3-,13-11+. The van der Waals surface area contributed by atoms with Gasteiger partial charge in [-0.1, -0.05) is 13.0 Å². The molecule has 1 fully saturated rings. The molecule has 1 N–H and O–H groups in total. The molecule has 1 heterocycles. The van der Waals surface area contributed by atoms with E-state index in [0.29, 0.717) is 6.41 Å². The number of hydrazone groups is 1. The summed E-state index contributed by atoms with van der Waals surface area (Å²) in [5.74, 6) is 1.64. The number of hydrogen-bond acceptors (Lipinski definition) is 2. The number of hydrogen-bond donors (Lipinski definition) is 1. The highest BCUT2D eigenvalue weighted by molar-refractivity contribution is 5.93. The number of carbonyl (C=O) groups is 1. The van der Waals surface area contributed by atoms with Gasteiger partial charge in [-0.2, -0.15) is 5.10 Å². The lowest BCUT2D eigenvalue weighted by Gasteiger charge is -2.31. The fourth-order valence-corrected chi connectivity index (χ4v) is 1.69. The predicted molar refractivity (Wildman–Crippen MR) is 61.4 cm³/mol. The first-order chi connectivity index (χ1) is 7.27. The van der Waals surface area contributed by atoms with Crippen molar-refractivity contribution in [3.63, 3.8) is 0 Å². The van der Waals surface area contributed by atoms with Crippen LogP contribution in [0.4, 0.5) is 0 Å². The Labute approximate surface area is 91.0 Å². The SMILES string of the molecule is C/C=C\C(=N/NC=O)N1CCC(C)CC1. The van der Waals surface area contributed by atoms with Gasteiger partial charge >= 0.3 is 0 Å². The van der Waals surface area contributed by atoms with Crippen molar-refractivity contribution in [3.05, 3.63) is 12.2 Å². The van der Waals surface area contributed by atoms with Crippen LogP contribution in [0.3, 0.4) is 0 Å². The van der Waals surface area contributed by atoms with Gasteiger partial charge in [-0.15, -0.1) is 0 Å². The molecule has 1 rings (SSSR count). The summed E-state index contributed by atoms with van der Waals surface area (Å²) in [6.07, 6.45) is 6.83. The Kier molecular flexibility index (Phi) is 4.87. The molecule has 4 heteroatoms. The van der Waals surface area contributed by atoms with Crippen LogP contribution in [-0.2, 0) is 4.79 Å². The van der Waals surface area contributed by atoms with Crippen molar-refractivity contribution in [1.82, 2.24) is 10.3 Å². The van der Waals surface area contributed by atoms with Gasteiger partial charge in [0.25, 0.3) is 0 Å². The highest BCUT2D eigenvalue weighted by Gasteiger charge is 2.17. The van der Waals surface area contributed by atoms with Crippen molar-refractivity contribution in [1.29, 1.82) is 0 Å². The molecule has 1 aliphatic rings. The van der Waals surface area contributed by atoms with E-state index >= 15 is 0 Å². The molecule has 0 aromatic heterocycles. The van der Waals surface area contributed by atoms with Crippen LogP contribution in [0.1, 0.15) is 26.7 Å². The monoisotopic (exact) mass is 209 g/mol. The van der Waals surface area contributed by atoms with Crippen LogP contribution < -0.4 is 5.43 Å². The van der Waals surface area contributed by atoms with Crippen LogP contribution in [0, 0.1) is 5.92 Å². The summed E-state index contributed by atoms with van der Waals surface area (Å²) in [6, 6.07) is 0. The first-order valence-corrected chi connectivity index (χ1v) is 5.42. The minimum Gasteiger partial charge on any atom is -0.355 e. The highest BCUT2D eigenvalue weighted by atomic mass is 16.1. The van der Waals surface area contributed by atoms with E-state index in [2.05, 4.69) is 22.4 Å². The third kappa shape index (κ3) is 3.73. The number of nitrogens with one attached hydrogen (secondary N) is 1. The number of piperidine rings is 1. The molecule has 1 aliphatic heterocycles. The van der Waals surface area contributed by atoms with E-state index in [1.807, 2.05) is 19.1 Å².